The van der Waals surface area contributed by atoms with E-state index in [-0.39, 0.29) is 0 Å². The van der Waals surface area contributed by atoms with Gasteiger partial charge in [-0.2, -0.15) is 0 Å². The summed E-state index contributed by atoms with van der Waals surface area (Å²) in [5.74, 6) is 1.68. The fourth-order valence-electron chi connectivity index (χ4n) is 2.87. The van der Waals surface area contributed by atoms with E-state index in [4.69, 9.17) is 5.73 Å². The minimum Gasteiger partial charge on any atom is -0.327 e. The topological polar surface area (TPSA) is 26.0 Å². The third-order valence-corrected chi connectivity index (χ3v) is 4.19. The quantitative estimate of drug-likeness (QED) is 0.751. The second-order valence-corrected chi connectivity index (χ2v) is 6.44. The Morgan fingerprint density at radius 3 is 2.40 bits per heavy atom. The summed E-state index contributed by atoms with van der Waals surface area (Å²) in [7, 11) is 0. The maximum atomic E-state index is 6.23. The molecule has 0 heterocycles. The van der Waals surface area contributed by atoms with Gasteiger partial charge in [-0.25, -0.2) is 0 Å². The predicted octanol–water partition coefficient (Wildman–Crippen LogP) is 3.97. The van der Waals surface area contributed by atoms with E-state index in [0.717, 1.165) is 11.8 Å². The van der Waals surface area contributed by atoms with Crippen LogP contribution in [0.1, 0.15) is 66.2 Å². The highest BCUT2D eigenvalue weighted by atomic mass is 14.7. The van der Waals surface area contributed by atoms with E-state index >= 15 is 0 Å². The first-order valence-electron chi connectivity index (χ1n) is 6.70. The number of rotatable bonds is 3. The van der Waals surface area contributed by atoms with Crippen LogP contribution < -0.4 is 5.73 Å². The zero-order valence-corrected chi connectivity index (χ0v) is 11.1. The Kier molecular flexibility index (Phi) is 4.64. The van der Waals surface area contributed by atoms with Crippen LogP contribution in [-0.4, -0.2) is 6.04 Å². The van der Waals surface area contributed by atoms with Gasteiger partial charge in [-0.15, -0.1) is 0 Å². The van der Waals surface area contributed by atoms with Crippen LogP contribution in [0.4, 0.5) is 0 Å². The molecule has 1 rings (SSSR count). The molecule has 2 N–H and O–H groups in total. The van der Waals surface area contributed by atoms with Crippen LogP contribution in [0, 0.1) is 17.3 Å². The first kappa shape index (κ1) is 13.0. The van der Waals surface area contributed by atoms with Crippen LogP contribution in [0.15, 0.2) is 0 Å². The highest BCUT2D eigenvalue weighted by Crippen LogP contribution is 2.41. The summed E-state index contributed by atoms with van der Waals surface area (Å²) >= 11 is 0. The van der Waals surface area contributed by atoms with Gasteiger partial charge in [0.05, 0.1) is 0 Å². The minimum absolute atomic E-state index is 0.477. The minimum atomic E-state index is 0.477. The fraction of sp³-hybridized carbons (Fsp3) is 1.00. The van der Waals surface area contributed by atoms with Crippen molar-refractivity contribution in [2.45, 2.75) is 72.3 Å². The molecule has 0 amide bonds. The summed E-state index contributed by atoms with van der Waals surface area (Å²) in [6, 6.07) is 0.482. The standard InChI is InChI=1S/C14H29N/c1-5-6-7-11-10-12(14(2,3)4)8-9-13(11)15/h11-13H,5-10,15H2,1-4H3. The molecule has 0 aliphatic heterocycles. The van der Waals surface area contributed by atoms with Crippen LogP contribution in [0.3, 0.4) is 0 Å². The summed E-state index contributed by atoms with van der Waals surface area (Å²) in [4.78, 5) is 0. The van der Waals surface area contributed by atoms with Gasteiger partial charge in [0.1, 0.15) is 0 Å². The Bertz CT molecular complexity index is 180. The molecule has 1 fully saturated rings. The van der Waals surface area contributed by atoms with Gasteiger partial charge >= 0.3 is 0 Å². The number of nitrogens with two attached hydrogens (primary N) is 1. The van der Waals surface area contributed by atoms with Gasteiger partial charge < -0.3 is 5.73 Å². The van der Waals surface area contributed by atoms with Crippen LogP contribution in [0.5, 0.6) is 0 Å². The Labute approximate surface area is 95.8 Å². The molecule has 1 heteroatoms. The molecular formula is C14H29N. The monoisotopic (exact) mass is 211 g/mol. The molecule has 0 saturated heterocycles. The average molecular weight is 211 g/mol. The van der Waals surface area contributed by atoms with E-state index in [0.29, 0.717) is 11.5 Å². The van der Waals surface area contributed by atoms with Gasteiger partial charge in [-0.3, -0.25) is 0 Å². The highest BCUT2D eigenvalue weighted by molar-refractivity contribution is 4.87. The SMILES string of the molecule is CCCCC1CC(C(C)(C)C)CCC1N. The lowest BCUT2D eigenvalue weighted by molar-refractivity contribution is 0.121. The number of hydrogen-bond acceptors (Lipinski definition) is 1. The van der Waals surface area contributed by atoms with Crippen molar-refractivity contribution in [1.82, 2.24) is 0 Å². The maximum Gasteiger partial charge on any atom is 0.00673 e. The van der Waals surface area contributed by atoms with Crippen LogP contribution in [0.2, 0.25) is 0 Å². The molecule has 1 saturated carbocycles. The Morgan fingerprint density at radius 1 is 1.20 bits per heavy atom. The van der Waals surface area contributed by atoms with Crippen molar-refractivity contribution < 1.29 is 0 Å². The zero-order chi connectivity index (χ0) is 11.5. The van der Waals surface area contributed by atoms with Crippen molar-refractivity contribution >= 4 is 0 Å². The van der Waals surface area contributed by atoms with Crippen LogP contribution >= 0.6 is 0 Å². The lowest BCUT2D eigenvalue weighted by atomic mass is 9.67. The summed E-state index contributed by atoms with van der Waals surface area (Å²) in [5.41, 5.74) is 6.70. The summed E-state index contributed by atoms with van der Waals surface area (Å²) in [5, 5.41) is 0. The molecule has 15 heavy (non-hydrogen) atoms. The summed E-state index contributed by atoms with van der Waals surface area (Å²) in [6.07, 6.45) is 7.97. The normalized spacial score (nSPS) is 33.0. The van der Waals surface area contributed by atoms with Gasteiger partial charge in [-0.05, 0) is 42.9 Å². The average Bonchev–Trinajstić information content (AvgIpc) is 2.15. The second-order valence-electron chi connectivity index (χ2n) is 6.44. The largest absolute Gasteiger partial charge is 0.327 e. The van der Waals surface area contributed by atoms with E-state index in [1.54, 1.807) is 0 Å². The Balaban J connectivity index is 2.48. The zero-order valence-electron chi connectivity index (χ0n) is 11.1. The summed E-state index contributed by atoms with van der Waals surface area (Å²) < 4.78 is 0. The third kappa shape index (κ3) is 3.79. The smallest absolute Gasteiger partial charge is 0.00673 e. The van der Waals surface area contributed by atoms with Crippen molar-refractivity contribution in [3.05, 3.63) is 0 Å². The van der Waals surface area contributed by atoms with E-state index in [1.807, 2.05) is 0 Å². The lowest BCUT2D eigenvalue weighted by Gasteiger charge is -2.40. The molecule has 0 aromatic heterocycles. The molecule has 1 nitrogen and oxygen atoms in total. The lowest BCUT2D eigenvalue weighted by Crippen LogP contribution is -2.39. The van der Waals surface area contributed by atoms with Gasteiger partial charge in [-0.1, -0.05) is 40.5 Å². The first-order valence-corrected chi connectivity index (χ1v) is 6.70. The van der Waals surface area contributed by atoms with Crippen molar-refractivity contribution in [3.63, 3.8) is 0 Å². The molecule has 1 aliphatic rings. The molecular weight excluding hydrogens is 182 g/mol. The molecule has 0 radical (unpaired) electrons. The van der Waals surface area contributed by atoms with Crippen molar-refractivity contribution in [2.24, 2.45) is 23.0 Å². The third-order valence-electron chi connectivity index (χ3n) is 4.19. The molecule has 0 aromatic carbocycles. The highest BCUT2D eigenvalue weighted by Gasteiger charge is 2.33. The van der Waals surface area contributed by atoms with E-state index in [2.05, 4.69) is 27.7 Å². The van der Waals surface area contributed by atoms with Crippen molar-refractivity contribution in [2.75, 3.05) is 0 Å². The fourth-order valence-corrected chi connectivity index (χ4v) is 2.87. The van der Waals surface area contributed by atoms with Gasteiger partial charge in [0, 0.05) is 6.04 Å². The first-order chi connectivity index (χ1) is 6.95. The van der Waals surface area contributed by atoms with E-state index < -0.39 is 0 Å². The molecule has 3 atom stereocenters. The van der Waals surface area contributed by atoms with Crippen molar-refractivity contribution in [1.29, 1.82) is 0 Å². The van der Waals surface area contributed by atoms with Gasteiger partial charge in [0.2, 0.25) is 0 Å². The van der Waals surface area contributed by atoms with Crippen molar-refractivity contribution in [3.8, 4) is 0 Å². The molecule has 1 aliphatic carbocycles. The summed E-state index contributed by atoms with van der Waals surface area (Å²) in [6.45, 7) is 9.41. The Morgan fingerprint density at radius 2 is 1.87 bits per heavy atom. The van der Waals surface area contributed by atoms with E-state index in [9.17, 15) is 0 Å². The molecule has 0 bridgehead atoms. The van der Waals surface area contributed by atoms with Crippen LogP contribution in [-0.2, 0) is 0 Å². The molecule has 0 spiro atoms. The number of hydrogen-bond donors (Lipinski definition) is 1. The number of unbranched alkanes of at least 4 members (excludes halogenated alkanes) is 1. The molecule has 90 valence electrons. The maximum absolute atomic E-state index is 6.23. The van der Waals surface area contributed by atoms with Gasteiger partial charge in [0.25, 0.3) is 0 Å². The molecule has 0 aromatic rings. The predicted molar refractivity (Wildman–Crippen MR) is 67.8 cm³/mol. The second kappa shape index (κ2) is 5.34. The van der Waals surface area contributed by atoms with Crippen LogP contribution in [0.25, 0.3) is 0 Å². The van der Waals surface area contributed by atoms with E-state index in [1.165, 1.54) is 38.5 Å². The molecule has 3 unspecified atom stereocenters. The Hall–Kier alpha value is -0.0400. The van der Waals surface area contributed by atoms with Gasteiger partial charge in [0.15, 0.2) is 0 Å².